The van der Waals surface area contributed by atoms with Crippen molar-refractivity contribution in [3.05, 3.63) is 33.4 Å². The van der Waals surface area contributed by atoms with E-state index in [2.05, 4.69) is 5.32 Å². The average Bonchev–Trinajstić information content (AvgIpc) is 2.59. The molecule has 1 heterocycles. The lowest BCUT2D eigenvalue weighted by atomic mass is 9.92. The van der Waals surface area contributed by atoms with Crippen molar-refractivity contribution in [2.24, 2.45) is 0 Å². The monoisotopic (exact) mass is 394 g/mol. The Morgan fingerprint density at radius 1 is 1.12 bits per heavy atom. The molecule has 0 aliphatic heterocycles. The number of halogens is 2. The summed E-state index contributed by atoms with van der Waals surface area (Å²) in [5, 5.41) is 14.5. The van der Waals surface area contributed by atoms with E-state index in [4.69, 9.17) is 33.3 Å². The maximum absolute atomic E-state index is 10.5. The van der Waals surface area contributed by atoms with Crippen LogP contribution in [0.25, 0.3) is 10.9 Å². The van der Waals surface area contributed by atoms with Crippen molar-refractivity contribution in [2.75, 3.05) is 11.9 Å². The summed E-state index contributed by atoms with van der Waals surface area (Å²) in [6.45, 7) is 0.845. The first-order valence-corrected chi connectivity index (χ1v) is 10.1. The summed E-state index contributed by atoms with van der Waals surface area (Å²) in [7, 11) is 0. The van der Waals surface area contributed by atoms with E-state index in [1.165, 1.54) is 18.4 Å². The molecular formula is C20H24Cl2N2O2. The molecule has 2 N–H and O–H groups in total. The van der Waals surface area contributed by atoms with Crippen molar-refractivity contribution < 1.29 is 9.90 Å². The van der Waals surface area contributed by atoms with Gasteiger partial charge in [-0.3, -0.25) is 9.78 Å². The van der Waals surface area contributed by atoms with Crippen LogP contribution in [-0.4, -0.2) is 22.6 Å². The Hall–Kier alpha value is -1.52. The maximum Gasteiger partial charge on any atom is 0.303 e. The molecule has 0 amide bonds. The van der Waals surface area contributed by atoms with E-state index in [0.717, 1.165) is 67.4 Å². The number of rotatable bonds is 8. The molecule has 1 aromatic carbocycles. The first-order chi connectivity index (χ1) is 12.6. The van der Waals surface area contributed by atoms with Crippen LogP contribution in [0.4, 0.5) is 5.69 Å². The van der Waals surface area contributed by atoms with E-state index in [-0.39, 0.29) is 6.42 Å². The molecule has 0 saturated carbocycles. The Morgan fingerprint density at radius 2 is 1.88 bits per heavy atom. The van der Waals surface area contributed by atoms with Gasteiger partial charge < -0.3 is 10.4 Å². The second-order valence-corrected chi connectivity index (χ2v) is 7.73. The summed E-state index contributed by atoms with van der Waals surface area (Å²) in [5.74, 6) is -0.716. The lowest BCUT2D eigenvalue weighted by Gasteiger charge is -2.22. The summed E-state index contributed by atoms with van der Waals surface area (Å²) < 4.78 is 0. The third-order valence-corrected chi connectivity index (χ3v) is 5.42. The molecule has 0 saturated heterocycles. The van der Waals surface area contributed by atoms with Gasteiger partial charge in [0.25, 0.3) is 0 Å². The summed E-state index contributed by atoms with van der Waals surface area (Å²) in [6.07, 6.45) is 8.34. The number of benzene rings is 1. The molecule has 0 fully saturated rings. The number of fused-ring (bicyclic) bond motifs is 2. The van der Waals surface area contributed by atoms with E-state index >= 15 is 0 Å². The van der Waals surface area contributed by atoms with Crippen LogP contribution in [-0.2, 0) is 17.6 Å². The molecule has 140 valence electrons. The van der Waals surface area contributed by atoms with Crippen LogP contribution in [0.1, 0.15) is 56.2 Å². The van der Waals surface area contributed by atoms with Gasteiger partial charge in [0, 0.05) is 29.1 Å². The number of carbonyl (C=O) groups is 1. The number of hydrogen-bond donors (Lipinski definition) is 2. The van der Waals surface area contributed by atoms with Gasteiger partial charge in [-0.25, -0.2) is 0 Å². The molecule has 0 atom stereocenters. The van der Waals surface area contributed by atoms with Crippen molar-refractivity contribution in [2.45, 2.75) is 57.8 Å². The Labute approximate surface area is 163 Å². The van der Waals surface area contributed by atoms with E-state index in [0.29, 0.717) is 10.0 Å². The molecule has 1 aliphatic carbocycles. The number of carboxylic acid groups (broad SMARTS) is 1. The van der Waals surface area contributed by atoms with E-state index in [1.807, 2.05) is 6.07 Å². The number of aliphatic carboxylic acids is 1. The Bertz CT molecular complexity index is 808. The summed E-state index contributed by atoms with van der Waals surface area (Å²) >= 11 is 12.7. The Balaban J connectivity index is 1.75. The minimum absolute atomic E-state index is 0.256. The average molecular weight is 395 g/mol. The highest BCUT2D eigenvalue weighted by Crippen LogP contribution is 2.38. The number of aromatic nitrogens is 1. The molecule has 0 bridgehead atoms. The van der Waals surface area contributed by atoms with Crippen molar-refractivity contribution in [1.29, 1.82) is 0 Å². The van der Waals surface area contributed by atoms with Gasteiger partial charge in [-0.05, 0) is 56.2 Å². The highest BCUT2D eigenvalue weighted by molar-refractivity contribution is 6.39. The lowest BCUT2D eigenvalue weighted by Crippen LogP contribution is -2.12. The predicted molar refractivity (Wildman–Crippen MR) is 108 cm³/mol. The van der Waals surface area contributed by atoms with Gasteiger partial charge in [0.15, 0.2) is 0 Å². The molecule has 2 aromatic rings. The third-order valence-electron chi connectivity index (χ3n) is 4.90. The van der Waals surface area contributed by atoms with Crippen LogP contribution >= 0.6 is 23.2 Å². The summed E-state index contributed by atoms with van der Waals surface area (Å²) in [6, 6.07) is 3.66. The molecule has 1 aromatic heterocycles. The Kier molecular flexibility index (Phi) is 6.60. The van der Waals surface area contributed by atoms with Gasteiger partial charge in [-0.1, -0.05) is 36.0 Å². The fourth-order valence-electron chi connectivity index (χ4n) is 3.64. The molecule has 0 spiro atoms. The van der Waals surface area contributed by atoms with Crippen LogP contribution in [0.5, 0.6) is 0 Å². The SMILES string of the molecule is O=C(O)CCCCCCNc1c2c(nc3cc(Cl)cc(Cl)c13)CCCC2. The van der Waals surface area contributed by atoms with Gasteiger partial charge in [0.1, 0.15) is 0 Å². The fraction of sp³-hybridized carbons (Fsp3) is 0.500. The van der Waals surface area contributed by atoms with E-state index in [1.54, 1.807) is 6.07 Å². The number of hydrogen-bond acceptors (Lipinski definition) is 3. The van der Waals surface area contributed by atoms with Crippen molar-refractivity contribution >= 4 is 45.8 Å². The fourth-order valence-corrected chi connectivity index (χ4v) is 4.21. The number of pyridine rings is 1. The number of unbranched alkanes of at least 4 members (excludes halogenated alkanes) is 3. The number of nitrogens with zero attached hydrogens (tertiary/aromatic N) is 1. The largest absolute Gasteiger partial charge is 0.481 e. The smallest absolute Gasteiger partial charge is 0.303 e. The quantitative estimate of drug-likeness (QED) is 0.549. The minimum Gasteiger partial charge on any atom is -0.481 e. The van der Waals surface area contributed by atoms with Crippen LogP contribution in [0, 0.1) is 0 Å². The second kappa shape index (κ2) is 8.92. The van der Waals surface area contributed by atoms with Crippen molar-refractivity contribution in [3.63, 3.8) is 0 Å². The molecule has 26 heavy (non-hydrogen) atoms. The predicted octanol–water partition coefficient (Wildman–Crippen LogP) is 5.87. The number of anilines is 1. The van der Waals surface area contributed by atoms with Crippen LogP contribution < -0.4 is 5.32 Å². The van der Waals surface area contributed by atoms with Crippen LogP contribution in [0.3, 0.4) is 0 Å². The topological polar surface area (TPSA) is 62.2 Å². The number of nitrogens with one attached hydrogen (secondary N) is 1. The van der Waals surface area contributed by atoms with Gasteiger partial charge in [-0.15, -0.1) is 0 Å². The van der Waals surface area contributed by atoms with E-state index < -0.39 is 5.97 Å². The van der Waals surface area contributed by atoms with Gasteiger partial charge in [0.05, 0.1) is 16.2 Å². The normalized spacial score (nSPS) is 13.6. The first-order valence-electron chi connectivity index (χ1n) is 9.32. The zero-order valence-electron chi connectivity index (χ0n) is 14.8. The molecular weight excluding hydrogens is 371 g/mol. The molecule has 4 nitrogen and oxygen atoms in total. The molecule has 0 radical (unpaired) electrons. The Morgan fingerprint density at radius 3 is 2.69 bits per heavy atom. The number of aryl methyl sites for hydroxylation is 1. The maximum atomic E-state index is 10.5. The van der Waals surface area contributed by atoms with Crippen LogP contribution in [0.2, 0.25) is 10.0 Å². The molecule has 3 rings (SSSR count). The third kappa shape index (κ3) is 4.60. The zero-order chi connectivity index (χ0) is 18.5. The molecule has 1 aliphatic rings. The first kappa shape index (κ1) is 19.2. The van der Waals surface area contributed by atoms with Crippen molar-refractivity contribution in [3.8, 4) is 0 Å². The lowest BCUT2D eigenvalue weighted by molar-refractivity contribution is -0.137. The molecule has 6 heteroatoms. The summed E-state index contributed by atoms with van der Waals surface area (Å²) in [4.78, 5) is 15.4. The second-order valence-electron chi connectivity index (χ2n) is 6.89. The van der Waals surface area contributed by atoms with E-state index in [9.17, 15) is 4.79 Å². The van der Waals surface area contributed by atoms with Gasteiger partial charge in [0.2, 0.25) is 0 Å². The van der Waals surface area contributed by atoms with Gasteiger partial charge in [-0.2, -0.15) is 0 Å². The standard InChI is InChI=1S/C20H24Cl2N2O2/c21-13-11-15(22)19-17(12-13)24-16-8-5-4-7-14(16)20(19)23-10-6-2-1-3-9-18(25)26/h11-12H,1-10H2,(H,23,24)(H,25,26). The zero-order valence-corrected chi connectivity index (χ0v) is 16.3. The van der Waals surface area contributed by atoms with Crippen molar-refractivity contribution in [1.82, 2.24) is 4.98 Å². The highest BCUT2D eigenvalue weighted by atomic mass is 35.5. The summed E-state index contributed by atoms with van der Waals surface area (Å²) in [5.41, 5.74) is 4.41. The van der Waals surface area contributed by atoms with Crippen LogP contribution in [0.15, 0.2) is 12.1 Å². The molecule has 0 unspecified atom stereocenters. The van der Waals surface area contributed by atoms with Gasteiger partial charge >= 0.3 is 5.97 Å². The number of carboxylic acids is 1. The highest BCUT2D eigenvalue weighted by Gasteiger charge is 2.20. The minimum atomic E-state index is -0.716.